The van der Waals surface area contributed by atoms with Crippen molar-refractivity contribution in [3.05, 3.63) is 88.5 Å². The maximum absolute atomic E-state index is 13.4. The van der Waals surface area contributed by atoms with Gasteiger partial charge in [0.05, 0.1) is 31.0 Å². The van der Waals surface area contributed by atoms with Crippen LogP contribution in [0.1, 0.15) is 39.5 Å². The number of aromatic nitrogens is 1. The molecule has 1 atom stereocenters. The number of aryl methyl sites for hydroxylation is 1. The van der Waals surface area contributed by atoms with Gasteiger partial charge in [-0.15, -0.1) is 0 Å². The number of ketones is 1. The highest BCUT2D eigenvalue weighted by Crippen LogP contribution is 2.44. The molecule has 0 saturated carbocycles. The molecule has 0 radical (unpaired) electrons. The third-order valence-corrected chi connectivity index (χ3v) is 6.92. The Hall–Kier alpha value is -4.44. The van der Waals surface area contributed by atoms with E-state index >= 15 is 0 Å². The SMILES string of the molecule is C=CCOC(=O)c1sc(N2C(=O)C(=O)/C(=C(/O)c3cccc(OCC)c3)C2c2cccc(OC)c2)nc1C. The van der Waals surface area contributed by atoms with Crippen molar-refractivity contribution in [1.82, 2.24) is 4.98 Å². The third kappa shape index (κ3) is 5.03. The lowest BCUT2D eigenvalue weighted by Gasteiger charge is -2.23. The minimum Gasteiger partial charge on any atom is -0.507 e. The molecule has 3 aromatic rings. The Morgan fingerprint density at radius 3 is 2.63 bits per heavy atom. The summed E-state index contributed by atoms with van der Waals surface area (Å²) in [6.45, 7) is 7.41. The molecule has 1 N–H and O–H groups in total. The van der Waals surface area contributed by atoms with Gasteiger partial charge in [0.2, 0.25) is 0 Å². The predicted octanol–water partition coefficient (Wildman–Crippen LogP) is 4.83. The Labute approximate surface area is 223 Å². The zero-order valence-electron chi connectivity index (χ0n) is 21.1. The van der Waals surface area contributed by atoms with Crippen molar-refractivity contribution in [3.63, 3.8) is 0 Å². The molecule has 1 fully saturated rings. The second-order valence-electron chi connectivity index (χ2n) is 8.20. The molecule has 0 spiro atoms. The van der Waals surface area contributed by atoms with Crippen LogP contribution >= 0.6 is 11.3 Å². The molecule has 9 nitrogen and oxygen atoms in total. The summed E-state index contributed by atoms with van der Waals surface area (Å²) in [7, 11) is 1.50. The number of hydrogen-bond acceptors (Lipinski definition) is 9. The summed E-state index contributed by atoms with van der Waals surface area (Å²) in [5, 5.41) is 11.5. The van der Waals surface area contributed by atoms with Crippen molar-refractivity contribution < 1.29 is 33.7 Å². The van der Waals surface area contributed by atoms with E-state index in [1.807, 2.05) is 6.92 Å². The number of Topliss-reactive ketones (excluding diaryl/α,β-unsaturated/α-hetero) is 1. The van der Waals surface area contributed by atoms with Crippen molar-refractivity contribution in [2.45, 2.75) is 19.9 Å². The number of aliphatic hydroxyl groups is 1. The molecular formula is C28H26N2O7S. The molecule has 2 heterocycles. The van der Waals surface area contributed by atoms with Gasteiger partial charge in [0.1, 0.15) is 28.7 Å². The number of benzene rings is 2. The molecule has 1 amide bonds. The normalized spacial score (nSPS) is 16.4. The molecule has 38 heavy (non-hydrogen) atoms. The van der Waals surface area contributed by atoms with Crippen LogP contribution in [0, 0.1) is 6.92 Å². The van der Waals surface area contributed by atoms with E-state index in [2.05, 4.69) is 11.6 Å². The van der Waals surface area contributed by atoms with Crippen LogP contribution in [-0.2, 0) is 14.3 Å². The van der Waals surface area contributed by atoms with E-state index in [-0.39, 0.29) is 27.9 Å². The second kappa shape index (κ2) is 11.3. The van der Waals surface area contributed by atoms with Crippen LogP contribution in [0.15, 0.2) is 66.8 Å². The third-order valence-electron chi connectivity index (χ3n) is 5.78. The smallest absolute Gasteiger partial charge is 0.350 e. The van der Waals surface area contributed by atoms with E-state index < -0.39 is 23.7 Å². The molecule has 1 aliphatic heterocycles. The highest BCUT2D eigenvalue weighted by atomic mass is 32.1. The number of anilines is 1. The minimum absolute atomic E-state index is 0.0145. The zero-order valence-corrected chi connectivity index (χ0v) is 21.9. The molecule has 0 aliphatic carbocycles. The summed E-state index contributed by atoms with van der Waals surface area (Å²) in [4.78, 5) is 45.2. The van der Waals surface area contributed by atoms with Gasteiger partial charge in [-0.2, -0.15) is 0 Å². The Morgan fingerprint density at radius 1 is 1.18 bits per heavy atom. The van der Waals surface area contributed by atoms with Gasteiger partial charge in [-0.25, -0.2) is 9.78 Å². The largest absolute Gasteiger partial charge is 0.507 e. The molecular weight excluding hydrogens is 508 g/mol. The van der Waals surface area contributed by atoms with Crippen LogP contribution in [0.5, 0.6) is 11.5 Å². The minimum atomic E-state index is -1.04. The lowest BCUT2D eigenvalue weighted by Crippen LogP contribution is -2.29. The van der Waals surface area contributed by atoms with Gasteiger partial charge in [0.15, 0.2) is 5.13 Å². The predicted molar refractivity (Wildman–Crippen MR) is 143 cm³/mol. The van der Waals surface area contributed by atoms with Crippen molar-refractivity contribution in [1.29, 1.82) is 0 Å². The van der Waals surface area contributed by atoms with Crippen LogP contribution in [0.3, 0.4) is 0 Å². The van der Waals surface area contributed by atoms with Crippen molar-refractivity contribution in [2.75, 3.05) is 25.2 Å². The van der Waals surface area contributed by atoms with Crippen molar-refractivity contribution in [2.24, 2.45) is 0 Å². The van der Waals surface area contributed by atoms with Gasteiger partial charge < -0.3 is 19.3 Å². The average molecular weight is 535 g/mol. The number of carbonyl (C=O) groups excluding carboxylic acids is 3. The van der Waals surface area contributed by atoms with E-state index in [1.165, 1.54) is 18.1 Å². The summed E-state index contributed by atoms with van der Waals surface area (Å²) < 4.78 is 16.0. The Morgan fingerprint density at radius 2 is 1.92 bits per heavy atom. The average Bonchev–Trinajstić information content (AvgIpc) is 3.43. The summed E-state index contributed by atoms with van der Waals surface area (Å²) in [6.07, 6.45) is 1.44. The Balaban J connectivity index is 1.89. The quantitative estimate of drug-likeness (QED) is 0.137. The summed E-state index contributed by atoms with van der Waals surface area (Å²) in [5.74, 6) is -1.76. The van der Waals surface area contributed by atoms with Crippen LogP contribution in [0.25, 0.3) is 5.76 Å². The molecule has 1 saturated heterocycles. The maximum atomic E-state index is 13.4. The molecule has 1 aromatic heterocycles. The number of amides is 1. The van der Waals surface area contributed by atoms with E-state index in [1.54, 1.807) is 55.5 Å². The number of thiazole rings is 1. The second-order valence-corrected chi connectivity index (χ2v) is 9.18. The standard InChI is InChI=1S/C28H26N2O7S/c1-5-13-37-27(34)25-16(3)29-28(38-25)30-22(17-9-7-11-19(14-17)35-4)21(24(32)26(30)33)23(31)18-10-8-12-20(15-18)36-6-2/h5,7-12,14-15,22,31H,1,6,13H2,2-4H3/b23-21+. The van der Waals surface area contributed by atoms with Gasteiger partial charge >= 0.3 is 11.9 Å². The van der Waals surface area contributed by atoms with Crippen LogP contribution < -0.4 is 14.4 Å². The first-order valence-corrected chi connectivity index (χ1v) is 12.6. The van der Waals surface area contributed by atoms with Crippen molar-refractivity contribution in [3.8, 4) is 11.5 Å². The van der Waals surface area contributed by atoms with Gasteiger partial charge in [0.25, 0.3) is 5.78 Å². The molecule has 196 valence electrons. The van der Waals surface area contributed by atoms with Gasteiger partial charge in [-0.1, -0.05) is 48.3 Å². The fourth-order valence-electron chi connectivity index (χ4n) is 4.09. The van der Waals surface area contributed by atoms with E-state index in [4.69, 9.17) is 14.2 Å². The number of carbonyl (C=O) groups is 3. The highest BCUT2D eigenvalue weighted by Gasteiger charge is 2.48. The van der Waals surface area contributed by atoms with Crippen LogP contribution in [-0.4, -0.2) is 48.1 Å². The molecule has 10 heteroatoms. The Kier molecular flexibility index (Phi) is 7.92. The molecule has 1 aliphatic rings. The number of rotatable bonds is 9. The number of aliphatic hydroxyl groups excluding tert-OH is 1. The molecule has 1 unspecified atom stereocenters. The van der Waals surface area contributed by atoms with E-state index in [0.717, 1.165) is 11.3 Å². The maximum Gasteiger partial charge on any atom is 0.350 e. The fraction of sp³-hybridized carbons (Fsp3) is 0.214. The lowest BCUT2D eigenvalue weighted by atomic mass is 9.95. The number of esters is 1. The van der Waals surface area contributed by atoms with Gasteiger partial charge in [0, 0.05) is 5.56 Å². The summed E-state index contributed by atoms with van der Waals surface area (Å²) in [5.41, 5.74) is 1.04. The molecule has 4 rings (SSSR count). The zero-order chi connectivity index (χ0) is 27.4. The first kappa shape index (κ1) is 26.6. The summed E-state index contributed by atoms with van der Waals surface area (Å²) >= 11 is 0.926. The topological polar surface area (TPSA) is 115 Å². The Bertz CT molecular complexity index is 1440. The van der Waals surface area contributed by atoms with Crippen LogP contribution in [0.2, 0.25) is 0 Å². The first-order valence-electron chi connectivity index (χ1n) is 11.7. The van der Waals surface area contributed by atoms with Crippen LogP contribution in [0.4, 0.5) is 5.13 Å². The van der Waals surface area contributed by atoms with Crippen molar-refractivity contribution >= 4 is 39.9 Å². The number of ether oxygens (including phenoxy) is 3. The highest BCUT2D eigenvalue weighted by molar-refractivity contribution is 7.17. The number of nitrogens with zero attached hydrogens (tertiary/aromatic N) is 2. The first-order chi connectivity index (χ1) is 18.3. The number of hydrogen-bond donors (Lipinski definition) is 1. The van der Waals surface area contributed by atoms with Gasteiger partial charge in [-0.3, -0.25) is 14.5 Å². The van der Waals surface area contributed by atoms with E-state index in [0.29, 0.717) is 34.9 Å². The van der Waals surface area contributed by atoms with Gasteiger partial charge in [-0.05, 0) is 43.7 Å². The molecule has 0 bridgehead atoms. The monoisotopic (exact) mass is 534 g/mol. The molecule has 2 aromatic carbocycles. The van der Waals surface area contributed by atoms with E-state index in [9.17, 15) is 19.5 Å². The fourth-order valence-corrected chi connectivity index (χ4v) is 5.07. The summed E-state index contributed by atoms with van der Waals surface area (Å²) in [6, 6.07) is 12.4. The number of methoxy groups -OCH3 is 1. The lowest BCUT2D eigenvalue weighted by molar-refractivity contribution is -0.132.